The first-order valence-corrected chi connectivity index (χ1v) is 5.73. The molecule has 2 aliphatic rings. The van der Waals surface area contributed by atoms with Crippen LogP contribution in [0, 0.1) is 11.8 Å². The van der Waals surface area contributed by atoms with Crippen LogP contribution in [0.2, 0.25) is 0 Å². The van der Waals surface area contributed by atoms with E-state index in [2.05, 4.69) is 5.32 Å². The quantitative estimate of drug-likeness (QED) is 0.755. The summed E-state index contributed by atoms with van der Waals surface area (Å²) in [5.41, 5.74) is 0. The van der Waals surface area contributed by atoms with Gasteiger partial charge in [-0.25, -0.2) is 0 Å². The maximum atomic E-state index is 11.4. The lowest BCUT2D eigenvalue weighted by Crippen LogP contribution is -2.34. The fourth-order valence-electron chi connectivity index (χ4n) is 2.03. The molecule has 1 aliphatic heterocycles. The Kier molecular flexibility index (Phi) is 5.40. The predicted octanol–water partition coefficient (Wildman–Crippen LogP) is 1.75. The zero-order chi connectivity index (χ0) is 9.80. The number of rotatable bonds is 3. The van der Waals surface area contributed by atoms with E-state index >= 15 is 0 Å². The Bertz CT molecular complexity index is 201. The molecule has 2 fully saturated rings. The number of halogens is 1. The third-order valence-corrected chi connectivity index (χ3v) is 3.30. The highest BCUT2D eigenvalue weighted by molar-refractivity contribution is 5.85. The van der Waals surface area contributed by atoms with Crippen molar-refractivity contribution in [2.45, 2.75) is 32.1 Å². The summed E-state index contributed by atoms with van der Waals surface area (Å²) in [5.74, 6) is 0.821. The van der Waals surface area contributed by atoms with Gasteiger partial charge in [0.25, 0.3) is 0 Å². The van der Waals surface area contributed by atoms with Crippen LogP contribution < -0.4 is 5.32 Å². The Morgan fingerprint density at radius 3 is 2.60 bits per heavy atom. The van der Waals surface area contributed by atoms with Crippen LogP contribution in [0.5, 0.6) is 0 Å². The Hall–Kier alpha value is -0.280. The van der Waals surface area contributed by atoms with Crippen molar-refractivity contribution in [2.24, 2.45) is 11.8 Å². The van der Waals surface area contributed by atoms with Gasteiger partial charge < -0.3 is 10.1 Å². The summed E-state index contributed by atoms with van der Waals surface area (Å²) in [4.78, 5) is 11.4. The highest BCUT2D eigenvalue weighted by Crippen LogP contribution is 2.27. The topological polar surface area (TPSA) is 38.3 Å². The predicted molar refractivity (Wildman–Crippen MR) is 61.1 cm³/mol. The molecule has 1 saturated heterocycles. The highest BCUT2D eigenvalue weighted by atomic mass is 35.5. The molecule has 2 rings (SSSR count). The van der Waals surface area contributed by atoms with E-state index in [1.165, 1.54) is 19.3 Å². The molecule has 4 heteroatoms. The summed E-state index contributed by atoms with van der Waals surface area (Å²) in [7, 11) is 0. The third-order valence-electron chi connectivity index (χ3n) is 3.30. The average molecular weight is 234 g/mol. The maximum Gasteiger partial charge on any atom is 0.308 e. The first kappa shape index (κ1) is 12.8. The van der Waals surface area contributed by atoms with Gasteiger partial charge in [-0.3, -0.25) is 4.79 Å². The zero-order valence-electron chi connectivity index (χ0n) is 9.04. The van der Waals surface area contributed by atoms with E-state index in [-0.39, 0.29) is 24.3 Å². The molecule has 1 atom stereocenters. The first-order valence-electron chi connectivity index (χ1n) is 5.73. The highest BCUT2D eigenvalue weighted by Gasteiger charge is 2.27. The largest absolute Gasteiger partial charge is 0.465 e. The van der Waals surface area contributed by atoms with Crippen molar-refractivity contribution in [3.8, 4) is 0 Å². The van der Waals surface area contributed by atoms with Crippen LogP contribution in [-0.2, 0) is 9.53 Å². The minimum absolute atomic E-state index is 0. The Balaban J connectivity index is 0.00000112. The third kappa shape index (κ3) is 3.65. The molecule has 3 nitrogen and oxygen atoms in total. The van der Waals surface area contributed by atoms with Gasteiger partial charge in [-0.1, -0.05) is 6.42 Å². The summed E-state index contributed by atoms with van der Waals surface area (Å²) in [6, 6.07) is 0. The molecular weight excluding hydrogens is 214 g/mol. The van der Waals surface area contributed by atoms with Gasteiger partial charge in [-0.15, -0.1) is 12.4 Å². The minimum atomic E-state index is 0. The van der Waals surface area contributed by atoms with Crippen molar-refractivity contribution in [3.63, 3.8) is 0 Å². The molecule has 0 aromatic heterocycles. The molecule has 1 saturated carbocycles. The first-order chi connectivity index (χ1) is 6.86. The minimum Gasteiger partial charge on any atom is -0.465 e. The van der Waals surface area contributed by atoms with Crippen LogP contribution in [0.25, 0.3) is 0 Å². The maximum absolute atomic E-state index is 11.4. The van der Waals surface area contributed by atoms with Crippen LogP contribution in [0.1, 0.15) is 32.1 Å². The zero-order valence-corrected chi connectivity index (χ0v) is 9.85. The second kappa shape index (κ2) is 6.33. The summed E-state index contributed by atoms with van der Waals surface area (Å²) in [5, 5.41) is 3.32. The molecule has 0 amide bonds. The number of carbonyl (C=O) groups excluding carboxylic acids is 1. The van der Waals surface area contributed by atoms with Crippen molar-refractivity contribution >= 4 is 18.4 Å². The molecule has 0 aromatic rings. The van der Waals surface area contributed by atoms with Gasteiger partial charge in [0.05, 0.1) is 12.5 Å². The lowest BCUT2D eigenvalue weighted by atomic mass is 9.86. The van der Waals surface area contributed by atoms with Crippen molar-refractivity contribution in [2.75, 3.05) is 19.7 Å². The van der Waals surface area contributed by atoms with Crippen molar-refractivity contribution in [3.05, 3.63) is 0 Å². The van der Waals surface area contributed by atoms with Gasteiger partial charge in [-0.2, -0.15) is 0 Å². The smallest absolute Gasteiger partial charge is 0.308 e. The molecule has 88 valence electrons. The van der Waals surface area contributed by atoms with Gasteiger partial charge in [-0.05, 0) is 32.2 Å². The summed E-state index contributed by atoms with van der Waals surface area (Å²) in [6.07, 6.45) is 5.70. The van der Waals surface area contributed by atoms with Gasteiger partial charge in [0.2, 0.25) is 0 Å². The number of esters is 1. The molecule has 1 unspecified atom stereocenters. The van der Waals surface area contributed by atoms with Gasteiger partial charge in [0.1, 0.15) is 0 Å². The Morgan fingerprint density at radius 1 is 1.27 bits per heavy atom. The van der Waals surface area contributed by atoms with Crippen LogP contribution in [-0.4, -0.2) is 25.7 Å². The van der Waals surface area contributed by atoms with Gasteiger partial charge >= 0.3 is 5.97 Å². The molecule has 1 N–H and O–H groups in total. The fourth-order valence-corrected chi connectivity index (χ4v) is 2.03. The van der Waals surface area contributed by atoms with Crippen molar-refractivity contribution < 1.29 is 9.53 Å². The van der Waals surface area contributed by atoms with Gasteiger partial charge in [0.15, 0.2) is 0 Å². The van der Waals surface area contributed by atoms with Crippen LogP contribution in [0.3, 0.4) is 0 Å². The lowest BCUT2D eigenvalue weighted by molar-refractivity contribution is -0.153. The normalized spacial score (nSPS) is 26.3. The van der Waals surface area contributed by atoms with Crippen molar-refractivity contribution in [1.29, 1.82) is 0 Å². The average Bonchev–Trinajstić information content (AvgIpc) is 2.14. The molecule has 1 heterocycles. The van der Waals surface area contributed by atoms with E-state index in [1.54, 1.807) is 0 Å². The number of ether oxygens (including phenoxy) is 1. The number of nitrogens with one attached hydrogen (secondary N) is 1. The Labute approximate surface area is 97.4 Å². The number of piperidine rings is 1. The summed E-state index contributed by atoms with van der Waals surface area (Å²) in [6.45, 7) is 2.76. The van der Waals surface area contributed by atoms with E-state index in [0.717, 1.165) is 25.9 Å². The number of hydrogen-bond acceptors (Lipinski definition) is 3. The van der Waals surface area contributed by atoms with Gasteiger partial charge in [0, 0.05) is 12.5 Å². The summed E-state index contributed by atoms with van der Waals surface area (Å²) >= 11 is 0. The van der Waals surface area contributed by atoms with Crippen LogP contribution in [0.15, 0.2) is 0 Å². The monoisotopic (exact) mass is 233 g/mol. The fraction of sp³-hybridized carbons (Fsp3) is 0.909. The standard InChI is InChI=1S/C11H19NO2.ClH/c13-11(10-4-1-5-10)14-8-9-3-2-6-12-7-9;/h9-10,12H,1-8H2;1H. The van der Waals surface area contributed by atoms with Crippen molar-refractivity contribution in [1.82, 2.24) is 5.32 Å². The lowest BCUT2D eigenvalue weighted by Gasteiger charge is -2.26. The molecule has 0 radical (unpaired) electrons. The molecule has 0 spiro atoms. The molecule has 0 bridgehead atoms. The SMILES string of the molecule is Cl.O=C(OCC1CCCNC1)C1CCC1. The van der Waals surface area contributed by atoms with E-state index in [9.17, 15) is 4.79 Å². The molecule has 1 aliphatic carbocycles. The van der Waals surface area contributed by atoms with Crippen LogP contribution >= 0.6 is 12.4 Å². The number of carbonyl (C=O) groups is 1. The van der Waals surface area contributed by atoms with E-state index in [0.29, 0.717) is 12.5 Å². The summed E-state index contributed by atoms with van der Waals surface area (Å²) < 4.78 is 5.31. The molecular formula is C11H20ClNO2. The van der Waals surface area contributed by atoms with E-state index < -0.39 is 0 Å². The second-order valence-electron chi connectivity index (χ2n) is 4.47. The van der Waals surface area contributed by atoms with Crippen LogP contribution in [0.4, 0.5) is 0 Å². The molecule has 0 aromatic carbocycles. The number of hydrogen-bond donors (Lipinski definition) is 1. The molecule has 15 heavy (non-hydrogen) atoms. The van der Waals surface area contributed by atoms with E-state index in [1.807, 2.05) is 0 Å². The Morgan fingerprint density at radius 2 is 2.07 bits per heavy atom. The second-order valence-corrected chi connectivity index (χ2v) is 4.47. The van der Waals surface area contributed by atoms with E-state index in [4.69, 9.17) is 4.74 Å².